The molecule has 0 aromatic heterocycles. The highest BCUT2D eigenvalue weighted by Crippen LogP contribution is 2.22. The number of rotatable bonds is 4. The molecule has 1 unspecified atom stereocenters. The Kier molecular flexibility index (Phi) is 6.30. The Bertz CT molecular complexity index is 638. The summed E-state index contributed by atoms with van der Waals surface area (Å²) in [5.74, 6) is 0.114. The van der Waals surface area contributed by atoms with Crippen molar-refractivity contribution in [3.8, 4) is 0 Å². The van der Waals surface area contributed by atoms with Crippen LogP contribution in [0.4, 0.5) is 0 Å². The fraction of sp³-hybridized carbons (Fsp3) is 0.619. The van der Waals surface area contributed by atoms with Crippen LogP contribution in [-0.2, 0) is 0 Å². The number of nitrogens with zero attached hydrogens (tertiary/aromatic N) is 3. The van der Waals surface area contributed by atoms with Crippen LogP contribution in [0.25, 0.3) is 0 Å². The number of hydrogen-bond acceptors (Lipinski definition) is 3. The van der Waals surface area contributed by atoms with Crippen LogP contribution >= 0.6 is 0 Å². The number of piperazine rings is 1. The SMILES string of the molecule is CCC1CCCCN1C(=O)c1cccc(C(=O)N2CCN(CC)CC2)c1. The first-order chi connectivity index (χ1) is 12.6. The molecule has 0 radical (unpaired) electrons. The first kappa shape index (κ1) is 18.9. The molecule has 5 nitrogen and oxygen atoms in total. The molecule has 26 heavy (non-hydrogen) atoms. The minimum atomic E-state index is 0.0427. The smallest absolute Gasteiger partial charge is 0.254 e. The molecule has 142 valence electrons. The van der Waals surface area contributed by atoms with E-state index in [0.29, 0.717) is 17.2 Å². The summed E-state index contributed by atoms with van der Waals surface area (Å²) in [7, 11) is 0. The average molecular weight is 357 g/mol. The first-order valence-electron chi connectivity index (χ1n) is 10.1. The van der Waals surface area contributed by atoms with Gasteiger partial charge in [-0.15, -0.1) is 0 Å². The van der Waals surface area contributed by atoms with Crippen LogP contribution in [0.5, 0.6) is 0 Å². The van der Waals surface area contributed by atoms with E-state index in [2.05, 4.69) is 18.7 Å². The highest BCUT2D eigenvalue weighted by molar-refractivity contribution is 5.99. The van der Waals surface area contributed by atoms with E-state index in [-0.39, 0.29) is 11.8 Å². The van der Waals surface area contributed by atoms with Crippen molar-refractivity contribution >= 4 is 11.8 Å². The van der Waals surface area contributed by atoms with Gasteiger partial charge in [0.05, 0.1) is 0 Å². The van der Waals surface area contributed by atoms with Crippen molar-refractivity contribution < 1.29 is 9.59 Å². The van der Waals surface area contributed by atoms with Crippen molar-refractivity contribution in [1.29, 1.82) is 0 Å². The number of piperidine rings is 1. The molecule has 2 aliphatic heterocycles. The lowest BCUT2D eigenvalue weighted by atomic mass is 9.98. The van der Waals surface area contributed by atoms with E-state index in [9.17, 15) is 9.59 Å². The Hall–Kier alpha value is -1.88. The lowest BCUT2D eigenvalue weighted by Gasteiger charge is -2.35. The van der Waals surface area contributed by atoms with Gasteiger partial charge in [-0.3, -0.25) is 9.59 Å². The Morgan fingerprint density at radius 3 is 2.31 bits per heavy atom. The summed E-state index contributed by atoms with van der Waals surface area (Å²) in [6.45, 7) is 9.52. The molecular weight excluding hydrogens is 326 g/mol. The minimum Gasteiger partial charge on any atom is -0.336 e. The second-order valence-corrected chi connectivity index (χ2v) is 7.36. The summed E-state index contributed by atoms with van der Waals surface area (Å²) in [5.41, 5.74) is 1.27. The maximum Gasteiger partial charge on any atom is 0.254 e. The number of hydrogen-bond donors (Lipinski definition) is 0. The standard InChI is InChI=1S/C21H31N3O2/c1-3-19-10-5-6-11-24(19)21(26)18-9-7-8-17(16-18)20(25)23-14-12-22(4-2)13-15-23/h7-9,16,19H,3-6,10-15H2,1-2H3. The van der Waals surface area contributed by atoms with Crippen molar-refractivity contribution in [2.75, 3.05) is 39.3 Å². The van der Waals surface area contributed by atoms with Gasteiger partial charge in [0, 0.05) is 49.9 Å². The molecule has 0 aliphatic carbocycles. The molecule has 1 aromatic carbocycles. The van der Waals surface area contributed by atoms with Crippen LogP contribution in [0.2, 0.25) is 0 Å². The predicted octanol–water partition coefficient (Wildman–Crippen LogP) is 2.87. The molecule has 0 spiro atoms. The average Bonchev–Trinajstić information content (AvgIpc) is 2.72. The maximum absolute atomic E-state index is 13.0. The Labute approximate surface area is 156 Å². The van der Waals surface area contributed by atoms with Crippen LogP contribution < -0.4 is 0 Å². The zero-order valence-electron chi connectivity index (χ0n) is 16.1. The van der Waals surface area contributed by atoms with Gasteiger partial charge in [-0.25, -0.2) is 0 Å². The van der Waals surface area contributed by atoms with E-state index in [1.807, 2.05) is 28.0 Å². The van der Waals surface area contributed by atoms with Gasteiger partial charge in [0.25, 0.3) is 11.8 Å². The Morgan fingerprint density at radius 1 is 0.962 bits per heavy atom. The molecule has 2 saturated heterocycles. The summed E-state index contributed by atoms with van der Waals surface area (Å²) < 4.78 is 0. The van der Waals surface area contributed by atoms with Crippen LogP contribution in [0.15, 0.2) is 24.3 Å². The lowest BCUT2D eigenvalue weighted by Crippen LogP contribution is -2.48. The summed E-state index contributed by atoms with van der Waals surface area (Å²) in [6, 6.07) is 7.64. The first-order valence-corrected chi connectivity index (χ1v) is 10.1. The molecule has 2 aliphatic rings. The van der Waals surface area contributed by atoms with Crippen LogP contribution in [0.3, 0.4) is 0 Å². The zero-order chi connectivity index (χ0) is 18.5. The third-order valence-electron chi connectivity index (χ3n) is 5.82. The second kappa shape index (κ2) is 8.67. The number of carbonyl (C=O) groups excluding carboxylic acids is 2. The zero-order valence-corrected chi connectivity index (χ0v) is 16.1. The summed E-state index contributed by atoms with van der Waals surface area (Å²) >= 11 is 0. The van der Waals surface area contributed by atoms with Crippen molar-refractivity contribution in [1.82, 2.24) is 14.7 Å². The number of likely N-dealkylation sites (tertiary alicyclic amines) is 1. The normalized spacial score (nSPS) is 21.7. The summed E-state index contributed by atoms with van der Waals surface area (Å²) in [6.07, 6.45) is 4.35. The third kappa shape index (κ3) is 4.09. The quantitative estimate of drug-likeness (QED) is 0.832. The monoisotopic (exact) mass is 357 g/mol. The van der Waals surface area contributed by atoms with Crippen molar-refractivity contribution in [2.45, 2.75) is 45.6 Å². The van der Waals surface area contributed by atoms with Gasteiger partial charge in [-0.2, -0.15) is 0 Å². The second-order valence-electron chi connectivity index (χ2n) is 7.36. The molecule has 5 heteroatoms. The van der Waals surface area contributed by atoms with E-state index in [1.165, 1.54) is 6.42 Å². The van der Waals surface area contributed by atoms with Crippen LogP contribution in [0, 0.1) is 0 Å². The minimum absolute atomic E-state index is 0.0427. The lowest BCUT2D eigenvalue weighted by molar-refractivity contribution is 0.0608. The molecule has 1 atom stereocenters. The summed E-state index contributed by atoms with van der Waals surface area (Å²) in [4.78, 5) is 32.1. The number of carbonyl (C=O) groups is 2. The topological polar surface area (TPSA) is 43.9 Å². The van der Waals surface area contributed by atoms with Gasteiger partial charge in [-0.1, -0.05) is 19.9 Å². The number of amides is 2. The largest absolute Gasteiger partial charge is 0.336 e. The van der Waals surface area contributed by atoms with Crippen LogP contribution in [-0.4, -0.2) is 71.8 Å². The van der Waals surface area contributed by atoms with Crippen molar-refractivity contribution in [3.63, 3.8) is 0 Å². The molecule has 3 rings (SSSR count). The Balaban J connectivity index is 1.71. The highest BCUT2D eigenvalue weighted by atomic mass is 16.2. The van der Waals surface area contributed by atoms with Gasteiger partial charge >= 0.3 is 0 Å². The van der Waals surface area contributed by atoms with Crippen LogP contribution in [0.1, 0.15) is 60.2 Å². The van der Waals surface area contributed by atoms with E-state index in [1.54, 1.807) is 6.07 Å². The van der Waals surface area contributed by atoms with Gasteiger partial charge in [0.1, 0.15) is 0 Å². The van der Waals surface area contributed by atoms with E-state index >= 15 is 0 Å². The van der Waals surface area contributed by atoms with E-state index in [4.69, 9.17) is 0 Å². The molecule has 2 amide bonds. The molecule has 0 saturated carbocycles. The molecule has 1 aromatic rings. The molecule has 0 N–H and O–H groups in total. The van der Waals surface area contributed by atoms with E-state index in [0.717, 1.165) is 58.5 Å². The molecule has 2 heterocycles. The maximum atomic E-state index is 13.0. The highest BCUT2D eigenvalue weighted by Gasteiger charge is 2.27. The Morgan fingerprint density at radius 2 is 1.65 bits per heavy atom. The summed E-state index contributed by atoms with van der Waals surface area (Å²) in [5, 5.41) is 0. The molecule has 2 fully saturated rings. The fourth-order valence-corrected chi connectivity index (χ4v) is 4.09. The van der Waals surface area contributed by atoms with Gasteiger partial charge < -0.3 is 14.7 Å². The number of benzene rings is 1. The third-order valence-corrected chi connectivity index (χ3v) is 5.82. The van der Waals surface area contributed by atoms with Crippen molar-refractivity contribution in [2.24, 2.45) is 0 Å². The fourth-order valence-electron chi connectivity index (χ4n) is 4.09. The number of likely N-dealkylation sites (N-methyl/N-ethyl adjacent to an activating group) is 1. The van der Waals surface area contributed by atoms with Gasteiger partial charge in [-0.05, 0) is 50.4 Å². The van der Waals surface area contributed by atoms with Gasteiger partial charge in [0.2, 0.25) is 0 Å². The molecule has 0 bridgehead atoms. The molecular formula is C21H31N3O2. The van der Waals surface area contributed by atoms with E-state index < -0.39 is 0 Å². The van der Waals surface area contributed by atoms with Gasteiger partial charge in [0.15, 0.2) is 0 Å². The van der Waals surface area contributed by atoms with Crippen molar-refractivity contribution in [3.05, 3.63) is 35.4 Å². The predicted molar refractivity (Wildman–Crippen MR) is 103 cm³/mol.